The molecule has 1 saturated heterocycles. The van der Waals surface area contributed by atoms with Gasteiger partial charge in [-0.2, -0.15) is 0 Å². The van der Waals surface area contributed by atoms with Gasteiger partial charge in [0.1, 0.15) is 5.78 Å². The van der Waals surface area contributed by atoms with Crippen molar-refractivity contribution in [3.63, 3.8) is 0 Å². The van der Waals surface area contributed by atoms with Gasteiger partial charge >= 0.3 is 0 Å². The summed E-state index contributed by atoms with van der Waals surface area (Å²) in [5, 5.41) is 3.35. The lowest BCUT2D eigenvalue weighted by molar-refractivity contribution is -0.119. The topological polar surface area (TPSA) is 26.3 Å². The van der Waals surface area contributed by atoms with Gasteiger partial charge in [0, 0.05) is 30.8 Å². The molecule has 1 fully saturated rings. The van der Waals surface area contributed by atoms with Gasteiger partial charge in [0.25, 0.3) is 0 Å². The molecular formula is C15H16O2S. The summed E-state index contributed by atoms with van der Waals surface area (Å²) in [5.74, 6) is 0.788. The molecule has 0 radical (unpaired) electrons. The van der Waals surface area contributed by atoms with E-state index < -0.39 is 0 Å². The lowest BCUT2D eigenvalue weighted by Crippen LogP contribution is -2.10. The van der Waals surface area contributed by atoms with Crippen molar-refractivity contribution in [2.45, 2.75) is 19.3 Å². The molecule has 1 aliphatic rings. The van der Waals surface area contributed by atoms with Crippen molar-refractivity contribution in [1.29, 1.82) is 0 Å². The summed E-state index contributed by atoms with van der Waals surface area (Å²) in [4.78, 5) is 12.1. The highest BCUT2D eigenvalue weighted by molar-refractivity contribution is 7.17. The maximum atomic E-state index is 12.1. The SMILES string of the molecule is O=C(Cc1csc2ccccc12)CC1CCOC1. The Kier molecular flexibility index (Phi) is 3.43. The van der Waals surface area contributed by atoms with E-state index in [4.69, 9.17) is 4.74 Å². The molecule has 2 aromatic rings. The molecule has 94 valence electrons. The van der Waals surface area contributed by atoms with Gasteiger partial charge in [-0.05, 0) is 34.7 Å². The molecule has 1 atom stereocenters. The normalized spacial score (nSPS) is 19.4. The van der Waals surface area contributed by atoms with Crippen LogP contribution in [-0.4, -0.2) is 19.0 Å². The predicted octanol–water partition coefficient (Wildman–Crippen LogP) is 3.44. The monoisotopic (exact) mass is 260 g/mol. The molecule has 1 unspecified atom stereocenters. The van der Waals surface area contributed by atoms with Crippen LogP contribution in [0.5, 0.6) is 0 Å². The molecule has 1 aromatic carbocycles. The third-order valence-electron chi connectivity index (χ3n) is 3.49. The van der Waals surface area contributed by atoms with Crippen LogP contribution in [0.15, 0.2) is 29.6 Å². The third-order valence-corrected chi connectivity index (χ3v) is 4.50. The lowest BCUT2D eigenvalue weighted by Gasteiger charge is -2.05. The Hall–Kier alpha value is -1.19. The van der Waals surface area contributed by atoms with E-state index in [-0.39, 0.29) is 0 Å². The first-order chi connectivity index (χ1) is 8.83. The molecule has 3 rings (SSSR count). The highest BCUT2D eigenvalue weighted by Gasteiger charge is 2.19. The number of hydrogen-bond acceptors (Lipinski definition) is 3. The quantitative estimate of drug-likeness (QED) is 0.841. The summed E-state index contributed by atoms with van der Waals surface area (Å²) in [7, 11) is 0. The molecule has 0 N–H and O–H groups in total. The van der Waals surface area contributed by atoms with Crippen LogP contribution in [0.25, 0.3) is 10.1 Å². The van der Waals surface area contributed by atoms with Crippen LogP contribution in [0.2, 0.25) is 0 Å². The summed E-state index contributed by atoms with van der Waals surface area (Å²) in [6.07, 6.45) is 2.28. The van der Waals surface area contributed by atoms with E-state index >= 15 is 0 Å². The molecule has 2 heterocycles. The fourth-order valence-corrected chi connectivity index (χ4v) is 3.48. The van der Waals surface area contributed by atoms with Crippen molar-refractivity contribution in [3.05, 3.63) is 35.2 Å². The van der Waals surface area contributed by atoms with Gasteiger partial charge in [-0.1, -0.05) is 18.2 Å². The standard InChI is InChI=1S/C15H16O2S/c16-13(7-11-5-6-17-9-11)8-12-10-18-15-4-2-1-3-14(12)15/h1-4,10-11H,5-9H2. The summed E-state index contributed by atoms with van der Waals surface area (Å²) >= 11 is 1.72. The van der Waals surface area contributed by atoms with E-state index in [2.05, 4.69) is 17.5 Å². The maximum Gasteiger partial charge on any atom is 0.137 e. The first kappa shape index (κ1) is 11.9. The van der Waals surface area contributed by atoms with E-state index in [1.807, 2.05) is 12.1 Å². The van der Waals surface area contributed by atoms with Crippen molar-refractivity contribution >= 4 is 27.2 Å². The first-order valence-electron chi connectivity index (χ1n) is 6.37. The Morgan fingerprint density at radius 3 is 3.11 bits per heavy atom. The van der Waals surface area contributed by atoms with E-state index in [0.29, 0.717) is 24.5 Å². The van der Waals surface area contributed by atoms with E-state index in [1.54, 1.807) is 11.3 Å². The minimum atomic E-state index is 0.342. The van der Waals surface area contributed by atoms with Gasteiger partial charge in [0.05, 0.1) is 0 Å². The highest BCUT2D eigenvalue weighted by atomic mass is 32.1. The number of rotatable bonds is 4. The van der Waals surface area contributed by atoms with Crippen LogP contribution in [0.3, 0.4) is 0 Å². The number of benzene rings is 1. The number of carbonyl (C=O) groups excluding carboxylic acids is 1. The number of ketones is 1. The number of thiophene rings is 1. The largest absolute Gasteiger partial charge is 0.381 e. The Balaban J connectivity index is 1.70. The zero-order chi connectivity index (χ0) is 12.4. The van der Waals surface area contributed by atoms with Crippen molar-refractivity contribution in [2.75, 3.05) is 13.2 Å². The van der Waals surface area contributed by atoms with Gasteiger partial charge in [-0.25, -0.2) is 0 Å². The van der Waals surface area contributed by atoms with Gasteiger partial charge < -0.3 is 4.74 Å². The van der Waals surface area contributed by atoms with Crippen LogP contribution in [0.1, 0.15) is 18.4 Å². The lowest BCUT2D eigenvalue weighted by atomic mass is 9.98. The first-order valence-corrected chi connectivity index (χ1v) is 7.25. The van der Waals surface area contributed by atoms with E-state index in [9.17, 15) is 4.79 Å². The minimum Gasteiger partial charge on any atom is -0.381 e. The molecule has 0 spiro atoms. The second-order valence-corrected chi connectivity index (χ2v) is 5.82. The number of ether oxygens (including phenoxy) is 1. The van der Waals surface area contributed by atoms with E-state index in [0.717, 1.165) is 19.6 Å². The molecule has 18 heavy (non-hydrogen) atoms. The Morgan fingerprint density at radius 2 is 2.28 bits per heavy atom. The molecule has 1 aromatic heterocycles. The van der Waals surface area contributed by atoms with Crippen molar-refractivity contribution in [2.24, 2.45) is 5.92 Å². The molecule has 1 aliphatic heterocycles. The molecular weight excluding hydrogens is 244 g/mol. The fraction of sp³-hybridized carbons (Fsp3) is 0.400. The second-order valence-electron chi connectivity index (χ2n) is 4.91. The smallest absolute Gasteiger partial charge is 0.137 e. The van der Waals surface area contributed by atoms with Gasteiger partial charge in [0.2, 0.25) is 0 Å². The average molecular weight is 260 g/mol. The van der Waals surface area contributed by atoms with Crippen LogP contribution >= 0.6 is 11.3 Å². The summed E-state index contributed by atoms with van der Waals surface area (Å²) in [6, 6.07) is 8.29. The number of hydrogen-bond donors (Lipinski definition) is 0. The summed E-state index contributed by atoms with van der Waals surface area (Å²) < 4.78 is 6.58. The van der Waals surface area contributed by atoms with Crippen LogP contribution in [0.4, 0.5) is 0 Å². The molecule has 2 nitrogen and oxygen atoms in total. The van der Waals surface area contributed by atoms with Gasteiger partial charge in [0.15, 0.2) is 0 Å². The van der Waals surface area contributed by atoms with Crippen LogP contribution in [0, 0.1) is 5.92 Å². The fourth-order valence-electron chi connectivity index (χ4n) is 2.52. The molecule has 3 heteroatoms. The number of fused-ring (bicyclic) bond motifs is 1. The Morgan fingerprint density at radius 1 is 1.39 bits per heavy atom. The van der Waals surface area contributed by atoms with Crippen molar-refractivity contribution < 1.29 is 9.53 Å². The maximum absolute atomic E-state index is 12.1. The third kappa shape index (κ3) is 2.47. The van der Waals surface area contributed by atoms with Crippen LogP contribution < -0.4 is 0 Å². The molecule has 0 amide bonds. The van der Waals surface area contributed by atoms with Crippen molar-refractivity contribution in [3.8, 4) is 0 Å². The predicted molar refractivity (Wildman–Crippen MR) is 74.1 cm³/mol. The van der Waals surface area contributed by atoms with E-state index in [1.165, 1.54) is 15.6 Å². The van der Waals surface area contributed by atoms with Crippen LogP contribution in [-0.2, 0) is 16.0 Å². The molecule has 0 bridgehead atoms. The molecule has 0 aliphatic carbocycles. The zero-order valence-electron chi connectivity index (χ0n) is 10.2. The van der Waals surface area contributed by atoms with Gasteiger partial charge in [-0.15, -0.1) is 11.3 Å². The number of Topliss-reactive ketones (excluding diaryl/α,β-unsaturated/α-hetero) is 1. The van der Waals surface area contributed by atoms with Gasteiger partial charge in [-0.3, -0.25) is 4.79 Å². The summed E-state index contributed by atoms with van der Waals surface area (Å²) in [6.45, 7) is 1.58. The second kappa shape index (κ2) is 5.21. The zero-order valence-corrected chi connectivity index (χ0v) is 11.0. The molecule has 0 saturated carbocycles. The highest BCUT2D eigenvalue weighted by Crippen LogP contribution is 2.27. The van der Waals surface area contributed by atoms with Crippen molar-refractivity contribution in [1.82, 2.24) is 0 Å². The average Bonchev–Trinajstić information content (AvgIpc) is 3.00. The Bertz CT molecular complexity index is 552. The summed E-state index contributed by atoms with van der Waals surface area (Å²) in [5.41, 5.74) is 1.18. The number of carbonyl (C=O) groups is 1. The Labute approximate surface area is 111 Å². The minimum absolute atomic E-state index is 0.342.